The van der Waals surface area contributed by atoms with Gasteiger partial charge in [0.15, 0.2) is 0 Å². The molecule has 0 unspecified atom stereocenters. The highest BCUT2D eigenvalue weighted by Gasteiger charge is 2.42. The van der Waals surface area contributed by atoms with Crippen LogP contribution in [0.5, 0.6) is 0 Å². The zero-order chi connectivity index (χ0) is 20.0. The molecule has 29 heavy (non-hydrogen) atoms. The summed E-state index contributed by atoms with van der Waals surface area (Å²) in [5.74, 6) is 0.571. The Labute approximate surface area is 170 Å². The third-order valence-electron chi connectivity index (χ3n) is 6.83. The summed E-state index contributed by atoms with van der Waals surface area (Å²) in [6.45, 7) is 1.54. The number of rotatable bonds is 1. The predicted molar refractivity (Wildman–Crippen MR) is 115 cm³/mol. The van der Waals surface area contributed by atoms with Gasteiger partial charge in [0, 0.05) is 24.7 Å². The van der Waals surface area contributed by atoms with Crippen LogP contribution in [-0.2, 0) is 16.6 Å². The van der Waals surface area contributed by atoms with Gasteiger partial charge in [-0.1, -0.05) is 30.3 Å². The topological polar surface area (TPSA) is 68.5 Å². The van der Waals surface area contributed by atoms with Crippen LogP contribution in [0, 0.1) is 0 Å². The normalized spacial score (nSPS) is 17.5. The fraction of sp³-hybridized carbons (Fsp3) is 0.333. The summed E-state index contributed by atoms with van der Waals surface area (Å²) in [5, 5.41) is 2.11. The summed E-state index contributed by atoms with van der Waals surface area (Å²) < 4.78 is 4.89. The number of carbonyl (C=O) groups is 1. The van der Waals surface area contributed by atoms with Crippen LogP contribution in [0.1, 0.15) is 30.4 Å². The van der Waals surface area contributed by atoms with Crippen LogP contribution >= 0.6 is 0 Å². The van der Waals surface area contributed by atoms with Gasteiger partial charge in [0.05, 0.1) is 7.11 Å². The Balaban J connectivity index is 1.45. The van der Waals surface area contributed by atoms with E-state index >= 15 is 0 Å². The van der Waals surface area contributed by atoms with Gasteiger partial charge in [-0.2, -0.15) is 0 Å². The number of aromatic nitrogens is 1. The number of methoxy groups -OCH3 is 1. The average molecular weight is 387 g/mol. The van der Waals surface area contributed by atoms with E-state index in [2.05, 4.69) is 41.4 Å². The molecular formula is C24H25N3O2. The number of nitrogen functional groups attached to an aromatic ring is 1. The van der Waals surface area contributed by atoms with E-state index in [0.29, 0.717) is 5.82 Å². The predicted octanol–water partition coefficient (Wildman–Crippen LogP) is 4.53. The molecule has 1 aromatic heterocycles. The number of ether oxygens (including phenoxy) is 1. The van der Waals surface area contributed by atoms with Crippen molar-refractivity contribution in [2.45, 2.75) is 31.1 Å². The van der Waals surface area contributed by atoms with E-state index in [-0.39, 0.29) is 11.5 Å². The molecule has 5 rings (SSSR count). The second-order valence-corrected chi connectivity index (χ2v) is 8.24. The average Bonchev–Trinajstić information content (AvgIpc) is 3.11. The summed E-state index contributed by atoms with van der Waals surface area (Å²) in [7, 11) is 1.45. The Kier molecular flexibility index (Phi) is 4.19. The van der Waals surface area contributed by atoms with Gasteiger partial charge < -0.3 is 15.4 Å². The van der Waals surface area contributed by atoms with Crippen LogP contribution in [0.4, 0.5) is 10.6 Å². The van der Waals surface area contributed by atoms with Crippen molar-refractivity contribution in [2.24, 2.45) is 0 Å². The number of likely N-dealkylation sites (tertiary alicyclic amines) is 1. The molecule has 148 valence electrons. The Morgan fingerprint density at radius 2 is 1.83 bits per heavy atom. The fourth-order valence-electron chi connectivity index (χ4n) is 5.14. The van der Waals surface area contributed by atoms with Crippen LogP contribution in [0.15, 0.2) is 48.7 Å². The Bertz CT molecular complexity index is 1100. The first-order valence-corrected chi connectivity index (χ1v) is 10.2. The highest BCUT2D eigenvalue weighted by Crippen LogP contribution is 2.47. The van der Waals surface area contributed by atoms with Crippen LogP contribution in [0.2, 0.25) is 0 Å². The van der Waals surface area contributed by atoms with Crippen molar-refractivity contribution in [1.82, 2.24) is 9.88 Å². The second kappa shape index (κ2) is 6.76. The summed E-state index contributed by atoms with van der Waals surface area (Å²) in [6.07, 6.45) is 5.81. The third kappa shape index (κ3) is 2.92. The Morgan fingerprint density at radius 3 is 2.62 bits per heavy atom. The molecule has 1 aliphatic carbocycles. The molecule has 0 bridgehead atoms. The van der Waals surface area contributed by atoms with Crippen molar-refractivity contribution in [2.75, 3.05) is 25.9 Å². The Hall–Kier alpha value is -3.08. The molecule has 1 spiro atoms. The summed E-state index contributed by atoms with van der Waals surface area (Å²) >= 11 is 0. The van der Waals surface area contributed by atoms with Crippen molar-refractivity contribution < 1.29 is 9.53 Å². The van der Waals surface area contributed by atoms with Crippen LogP contribution in [0.3, 0.4) is 0 Å². The van der Waals surface area contributed by atoms with Crippen molar-refractivity contribution in [3.8, 4) is 11.1 Å². The molecule has 1 aliphatic heterocycles. The maximum Gasteiger partial charge on any atom is 0.409 e. The number of hydrogen-bond acceptors (Lipinski definition) is 4. The monoisotopic (exact) mass is 387 g/mol. The molecule has 1 amide bonds. The molecule has 2 N–H and O–H groups in total. The molecule has 2 heterocycles. The number of benzene rings is 2. The number of carbonyl (C=O) groups excluding carboxylic acids is 1. The van der Waals surface area contributed by atoms with Gasteiger partial charge >= 0.3 is 6.09 Å². The Morgan fingerprint density at radius 1 is 1.07 bits per heavy atom. The van der Waals surface area contributed by atoms with Gasteiger partial charge in [-0.3, -0.25) is 0 Å². The van der Waals surface area contributed by atoms with Gasteiger partial charge in [-0.15, -0.1) is 0 Å². The molecule has 0 saturated carbocycles. The van der Waals surface area contributed by atoms with Crippen molar-refractivity contribution in [1.29, 1.82) is 0 Å². The number of pyridine rings is 1. The third-order valence-corrected chi connectivity index (χ3v) is 6.83. The lowest BCUT2D eigenvalue weighted by Gasteiger charge is -2.39. The standard InChI is InChI=1S/C24H25N3O2/c1-29-23(28)27-12-9-24(10-13-27)8-6-19-14-17(4-5-21(19)24)18-3-2-16-7-11-26-22(25)20(16)15-18/h2-5,7,11,14-15H,6,8-10,12-13H2,1H3,(H2,25,26). The molecule has 1 fully saturated rings. The number of piperidine rings is 1. The van der Waals surface area contributed by atoms with Gasteiger partial charge in [0.2, 0.25) is 0 Å². The van der Waals surface area contributed by atoms with E-state index in [1.54, 1.807) is 6.20 Å². The minimum atomic E-state index is -0.210. The first-order chi connectivity index (χ1) is 14.1. The number of nitrogens with two attached hydrogens (primary N) is 1. The molecule has 5 nitrogen and oxygen atoms in total. The highest BCUT2D eigenvalue weighted by molar-refractivity contribution is 5.94. The largest absolute Gasteiger partial charge is 0.453 e. The quantitative estimate of drug-likeness (QED) is 0.666. The zero-order valence-corrected chi connectivity index (χ0v) is 16.6. The van der Waals surface area contributed by atoms with Crippen molar-refractivity contribution in [3.05, 3.63) is 59.8 Å². The van der Waals surface area contributed by atoms with E-state index < -0.39 is 0 Å². The van der Waals surface area contributed by atoms with Gasteiger partial charge in [0.1, 0.15) is 5.82 Å². The lowest BCUT2D eigenvalue weighted by Crippen LogP contribution is -2.44. The minimum absolute atomic E-state index is 0.204. The number of nitrogens with zero attached hydrogens (tertiary/aromatic N) is 2. The number of hydrogen-bond donors (Lipinski definition) is 1. The molecule has 0 atom stereocenters. The maximum atomic E-state index is 11.8. The minimum Gasteiger partial charge on any atom is -0.453 e. The number of fused-ring (bicyclic) bond motifs is 3. The summed E-state index contributed by atoms with van der Waals surface area (Å²) in [4.78, 5) is 17.9. The van der Waals surface area contributed by atoms with E-state index in [0.717, 1.165) is 49.5 Å². The van der Waals surface area contributed by atoms with Crippen molar-refractivity contribution in [3.63, 3.8) is 0 Å². The number of anilines is 1. The van der Waals surface area contributed by atoms with E-state index in [9.17, 15) is 4.79 Å². The van der Waals surface area contributed by atoms with E-state index in [1.165, 1.54) is 29.4 Å². The second-order valence-electron chi connectivity index (χ2n) is 8.24. The van der Waals surface area contributed by atoms with Crippen LogP contribution in [0.25, 0.3) is 21.9 Å². The smallest absolute Gasteiger partial charge is 0.409 e. The zero-order valence-electron chi connectivity index (χ0n) is 16.6. The number of amides is 1. The fourth-order valence-corrected chi connectivity index (χ4v) is 5.14. The molecule has 3 aromatic rings. The van der Waals surface area contributed by atoms with Gasteiger partial charge in [0.25, 0.3) is 0 Å². The molecular weight excluding hydrogens is 362 g/mol. The molecule has 2 aromatic carbocycles. The molecule has 5 heteroatoms. The van der Waals surface area contributed by atoms with Crippen LogP contribution in [-0.4, -0.2) is 36.2 Å². The number of aryl methyl sites for hydroxylation is 1. The first-order valence-electron chi connectivity index (χ1n) is 10.2. The lowest BCUT2D eigenvalue weighted by atomic mass is 9.73. The summed E-state index contributed by atoms with van der Waals surface area (Å²) in [6, 6.07) is 15.3. The van der Waals surface area contributed by atoms with E-state index in [1.807, 2.05) is 11.0 Å². The maximum absolute atomic E-state index is 11.8. The first kappa shape index (κ1) is 18.0. The summed E-state index contributed by atoms with van der Waals surface area (Å²) in [5.41, 5.74) is 11.6. The molecule has 0 radical (unpaired) electrons. The van der Waals surface area contributed by atoms with E-state index in [4.69, 9.17) is 10.5 Å². The molecule has 2 aliphatic rings. The van der Waals surface area contributed by atoms with Gasteiger partial charge in [-0.05, 0) is 70.9 Å². The highest BCUT2D eigenvalue weighted by atomic mass is 16.5. The van der Waals surface area contributed by atoms with Gasteiger partial charge in [-0.25, -0.2) is 9.78 Å². The molecule has 1 saturated heterocycles. The van der Waals surface area contributed by atoms with Crippen LogP contribution < -0.4 is 5.73 Å². The van der Waals surface area contributed by atoms with Crippen molar-refractivity contribution >= 4 is 22.7 Å². The SMILES string of the molecule is COC(=O)N1CCC2(CCc3cc(-c4ccc5ccnc(N)c5c4)ccc32)CC1. The lowest BCUT2D eigenvalue weighted by molar-refractivity contribution is 0.0991.